The van der Waals surface area contributed by atoms with Crippen molar-refractivity contribution in [3.63, 3.8) is 0 Å². The number of para-hydroxylation sites is 2. The largest absolute Gasteiger partial charge is 0.491 e. The molecule has 1 aliphatic heterocycles. The molecule has 1 unspecified atom stereocenters. The SMILES string of the molecule is CN(C)CCOc1ccccc1C(=O)N1CCCCC1Cc1cc2ccccc2o1. The number of hydrogen-bond donors (Lipinski definition) is 0. The Hall–Kier alpha value is -2.79. The van der Waals surface area contributed by atoms with Gasteiger partial charge in [0.25, 0.3) is 5.91 Å². The number of furan rings is 1. The zero-order valence-corrected chi connectivity index (χ0v) is 17.8. The van der Waals surface area contributed by atoms with Crippen molar-refractivity contribution >= 4 is 16.9 Å². The predicted octanol–water partition coefficient (Wildman–Crippen LogP) is 4.61. The molecule has 0 spiro atoms. The van der Waals surface area contributed by atoms with E-state index in [2.05, 4.69) is 17.0 Å². The Labute approximate surface area is 178 Å². The normalized spacial score (nSPS) is 16.9. The highest BCUT2D eigenvalue weighted by atomic mass is 16.5. The van der Waals surface area contributed by atoms with Crippen LogP contribution < -0.4 is 4.74 Å². The van der Waals surface area contributed by atoms with Gasteiger partial charge < -0.3 is 19.0 Å². The molecule has 1 aliphatic rings. The number of rotatable bonds is 7. The number of piperidine rings is 1. The summed E-state index contributed by atoms with van der Waals surface area (Å²) in [5.41, 5.74) is 1.55. The Bertz CT molecular complexity index is 962. The van der Waals surface area contributed by atoms with Gasteiger partial charge in [-0.3, -0.25) is 4.79 Å². The topological polar surface area (TPSA) is 45.9 Å². The molecule has 30 heavy (non-hydrogen) atoms. The van der Waals surface area contributed by atoms with E-state index in [1.807, 2.05) is 61.5 Å². The molecular weight excluding hydrogens is 376 g/mol. The van der Waals surface area contributed by atoms with Crippen LogP contribution in [0, 0.1) is 0 Å². The Kier molecular flexibility index (Phi) is 6.38. The van der Waals surface area contributed by atoms with E-state index in [1.165, 1.54) is 0 Å². The van der Waals surface area contributed by atoms with Gasteiger partial charge in [0.05, 0.1) is 5.56 Å². The van der Waals surface area contributed by atoms with Crippen LogP contribution in [0.2, 0.25) is 0 Å². The minimum Gasteiger partial charge on any atom is -0.491 e. The summed E-state index contributed by atoms with van der Waals surface area (Å²) in [5, 5.41) is 1.11. The van der Waals surface area contributed by atoms with Crippen molar-refractivity contribution in [2.24, 2.45) is 0 Å². The number of likely N-dealkylation sites (N-methyl/N-ethyl adjacent to an activating group) is 1. The number of carbonyl (C=O) groups is 1. The van der Waals surface area contributed by atoms with E-state index in [1.54, 1.807) is 0 Å². The van der Waals surface area contributed by atoms with E-state index in [9.17, 15) is 4.79 Å². The lowest BCUT2D eigenvalue weighted by molar-refractivity contribution is 0.0603. The number of nitrogens with zero attached hydrogens (tertiary/aromatic N) is 2. The minimum absolute atomic E-state index is 0.0521. The number of amides is 1. The van der Waals surface area contributed by atoms with Crippen molar-refractivity contribution in [2.45, 2.75) is 31.7 Å². The summed E-state index contributed by atoms with van der Waals surface area (Å²) in [5.74, 6) is 1.66. The van der Waals surface area contributed by atoms with Gasteiger partial charge in [0, 0.05) is 30.9 Å². The summed E-state index contributed by atoms with van der Waals surface area (Å²) < 4.78 is 12.0. The van der Waals surface area contributed by atoms with E-state index >= 15 is 0 Å². The van der Waals surface area contributed by atoms with Crippen LogP contribution in [0.5, 0.6) is 5.75 Å². The fraction of sp³-hybridized carbons (Fsp3) is 0.400. The smallest absolute Gasteiger partial charge is 0.257 e. The molecule has 158 valence electrons. The standard InChI is InChI=1S/C25H30N2O3/c1-26(2)15-16-29-24-13-6-4-11-22(24)25(28)27-14-8-7-10-20(27)18-21-17-19-9-3-5-12-23(19)30-21/h3-6,9,11-13,17,20H,7-8,10,14-16,18H2,1-2H3. The van der Waals surface area contributed by atoms with Gasteiger partial charge in [-0.05, 0) is 57.6 Å². The lowest BCUT2D eigenvalue weighted by Crippen LogP contribution is -2.45. The predicted molar refractivity (Wildman–Crippen MR) is 119 cm³/mol. The van der Waals surface area contributed by atoms with Crippen molar-refractivity contribution in [3.05, 3.63) is 65.9 Å². The summed E-state index contributed by atoms with van der Waals surface area (Å²) in [6.07, 6.45) is 3.90. The Morgan fingerprint density at radius 2 is 1.93 bits per heavy atom. The number of benzene rings is 2. The molecule has 0 radical (unpaired) electrons. The Balaban J connectivity index is 1.51. The Morgan fingerprint density at radius 3 is 2.77 bits per heavy atom. The number of likely N-dealkylation sites (tertiary alicyclic amines) is 1. The number of carbonyl (C=O) groups excluding carboxylic acids is 1. The van der Waals surface area contributed by atoms with E-state index in [0.717, 1.165) is 55.5 Å². The van der Waals surface area contributed by atoms with E-state index in [-0.39, 0.29) is 11.9 Å². The third-order valence-electron chi connectivity index (χ3n) is 5.71. The molecule has 3 aromatic rings. The molecular formula is C25H30N2O3. The fourth-order valence-electron chi connectivity index (χ4n) is 4.11. The second-order valence-corrected chi connectivity index (χ2v) is 8.25. The molecule has 0 N–H and O–H groups in total. The first-order valence-corrected chi connectivity index (χ1v) is 10.8. The van der Waals surface area contributed by atoms with Crippen LogP contribution in [0.3, 0.4) is 0 Å². The fourth-order valence-corrected chi connectivity index (χ4v) is 4.11. The van der Waals surface area contributed by atoms with Gasteiger partial charge in [0.2, 0.25) is 0 Å². The zero-order chi connectivity index (χ0) is 20.9. The van der Waals surface area contributed by atoms with Gasteiger partial charge in [-0.25, -0.2) is 0 Å². The number of hydrogen-bond acceptors (Lipinski definition) is 4. The van der Waals surface area contributed by atoms with E-state index < -0.39 is 0 Å². The van der Waals surface area contributed by atoms with Crippen molar-refractivity contribution in [2.75, 3.05) is 33.8 Å². The molecule has 1 aromatic heterocycles. The molecule has 1 fully saturated rings. The van der Waals surface area contributed by atoms with Crippen molar-refractivity contribution < 1.29 is 13.9 Å². The van der Waals surface area contributed by atoms with Gasteiger partial charge in [-0.2, -0.15) is 0 Å². The van der Waals surface area contributed by atoms with Crippen LogP contribution in [0.25, 0.3) is 11.0 Å². The second-order valence-electron chi connectivity index (χ2n) is 8.25. The molecule has 0 aliphatic carbocycles. The van der Waals surface area contributed by atoms with Crippen LogP contribution in [0.1, 0.15) is 35.4 Å². The number of ether oxygens (including phenoxy) is 1. The lowest BCUT2D eigenvalue weighted by Gasteiger charge is -2.35. The monoisotopic (exact) mass is 406 g/mol. The van der Waals surface area contributed by atoms with Gasteiger partial charge >= 0.3 is 0 Å². The lowest BCUT2D eigenvalue weighted by atomic mass is 9.97. The highest BCUT2D eigenvalue weighted by molar-refractivity contribution is 5.97. The first kappa shape index (κ1) is 20.5. The molecule has 5 nitrogen and oxygen atoms in total. The molecule has 1 saturated heterocycles. The number of fused-ring (bicyclic) bond motifs is 1. The quantitative estimate of drug-likeness (QED) is 0.575. The molecule has 2 aromatic carbocycles. The molecule has 0 bridgehead atoms. The van der Waals surface area contributed by atoms with Crippen LogP contribution in [0.4, 0.5) is 0 Å². The van der Waals surface area contributed by atoms with E-state index in [4.69, 9.17) is 9.15 Å². The summed E-state index contributed by atoms with van der Waals surface area (Å²) in [6.45, 7) is 2.14. The molecule has 1 amide bonds. The third-order valence-corrected chi connectivity index (χ3v) is 5.71. The summed E-state index contributed by atoms with van der Waals surface area (Å²) in [6, 6.07) is 17.9. The maximum absolute atomic E-state index is 13.5. The maximum atomic E-state index is 13.5. The van der Waals surface area contributed by atoms with Gasteiger partial charge in [0.15, 0.2) is 0 Å². The van der Waals surface area contributed by atoms with Gasteiger partial charge in [-0.1, -0.05) is 30.3 Å². The van der Waals surface area contributed by atoms with Gasteiger partial charge in [-0.15, -0.1) is 0 Å². The third kappa shape index (κ3) is 4.68. The average Bonchev–Trinajstić information content (AvgIpc) is 3.16. The van der Waals surface area contributed by atoms with Crippen LogP contribution >= 0.6 is 0 Å². The van der Waals surface area contributed by atoms with Crippen LogP contribution in [-0.2, 0) is 6.42 Å². The van der Waals surface area contributed by atoms with Crippen molar-refractivity contribution in [3.8, 4) is 5.75 Å². The van der Waals surface area contributed by atoms with Crippen LogP contribution in [0.15, 0.2) is 59.0 Å². The second kappa shape index (κ2) is 9.35. The summed E-state index contributed by atoms with van der Waals surface area (Å²) in [4.78, 5) is 17.6. The maximum Gasteiger partial charge on any atom is 0.257 e. The first-order valence-electron chi connectivity index (χ1n) is 10.8. The molecule has 1 atom stereocenters. The van der Waals surface area contributed by atoms with Gasteiger partial charge in [0.1, 0.15) is 23.7 Å². The van der Waals surface area contributed by atoms with E-state index in [0.29, 0.717) is 17.9 Å². The molecule has 5 heteroatoms. The summed E-state index contributed by atoms with van der Waals surface area (Å²) >= 11 is 0. The highest BCUT2D eigenvalue weighted by Crippen LogP contribution is 2.28. The highest BCUT2D eigenvalue weighted by Gasteiger charge is 2.30. The summed E-state index contributed by atoms with van der Waals surface area (Å²) in [7, 11) is 4.02. The van der Waals surface area contributed by atoms with Crippen molar-refractivity contribution in [1.29, 1.82) is 0 Å². The average molecular weight is 407 g/mol. The molecule has 4 rings (SSSR count). The Morgan fingerprint density at radius 1 is 1.13 bits per heavy atom. The molecule has 2 heterocycles. The first-order chi connectivity index (χ1) is 14.6. The minimum atomic E-state index is 0.0521. The van der Waals surface area contributed by atoms with Crippen LogP contribution in [-0.4, -0.2) is 55.5 Å². The zero-order valence-electron chi connectivity index (χ0n) is 17.8. The molecule has 0 saturated carbocycles. The van der Waals surface area contributed by atoms with Crippen molar-refractivity contribution in [1.82, 2.24) is 9.80 Å².